The van der Waals surface area contributed by atoms with Crippen LogP contribution in [-0.4, -0.2) is 28.0 Å². The lowest BCUT2D eigenvalue weighted by molar-refractivity contribution is 0.0517. The summed E-state index contributed by atoms with van der Waals surface area (Å²) in [7, 11) is 0. The number of aromatic nitrogens is 2. The Bertz CT molecular complexity index is 1010. The summed E-state index contributed by atoms with van der Waals surface area (Å²) in [4.78, 5) is 16.2. The van der Waals surface area contributed by atoms with Crippen molar-refractivity contribution in [2.75, 3.05) is 23.9 Å². The number of pyridine rings is 1. The van der Waals surface area contributed by atoms with E-state index in [1.165, 1.54) is 5.56 Å². The van der Waals surface area contributed by atoms with Crippen molar-refractivity contribution in [2.45, 2.75) is 32.4 Å². The van der Waals surface area contributed by atoms with E-state index in [0.717, 1.165) is 40.5 Å². The van der Waals surface area contributed by atoms with E-state index in [0.29, 0.717) is 6.61 Å². The number of ether oxygens (including phenoxy) is 1. The SMILES string of the molecule is CSCCO[C@H]1C[C@H](c2ccccc2)Nc2c1cc(=O)n1c(C)c(C)[nH]c21. The fourth-order valence-corrected chi connectivity index (χ4v) is 4.09. The molecule has 6 heteroatoms. The first-order chi connectivity index (χ1) is 13.1. The third-order valence-corrected chi connectivity index (χ3v) is 5.93. The molecule has 5 nitrogen and oxygen atoms in total. The predicted molar refractivity (Wildman–Crippen MR) is 112 cm³/mol. The summed E-state index contributed by atoms with van der Waals surface area (Å²) in [6, 6.07) is 12.3. The highest BCUT2D eigenvalue weighted by atomic mass is 32.2. The Labute approximate surface area is 163 Å². The van der Waals surface area contributed by atoms with Crippen LogP contribution in [0, 0.1) is 13.8 Å². The number of fused-ring (bicyclic) bond motifs is 3. The first-order valence-corrected chi connectivity index (χ1v) is 10.7. The molecule has 0 spiro atoms. The van der Waals surface area contributed by atoms with Gasteiger partial charge in [0.05, 0.1) is 24.4 Å². The predicted octanol–water partition coefficient (Wildman–Crippen LogP) is 4.22. The van der Waals surface area contributed by atoms with Gasteiger partial charge in [-0.1, -0.05) is 30.3 Å². The van der Waals surface area contributed by atoms with Crippen molar-refractivity contribution in [2.24, 2.45) is 0 Å². The molecule has 0 radical (unpaired) electrons. The maximum absolute atomic E-state index is 12.8. The minimum atomic E-state index is -0.0970. The molecule has 142 valence electrons. The fraction of sp³-hybridized carbons (Fsp3) is 0.381. The van der Waals surface area contributed by atoms with E-state index in [1.54, 1.807) is 22.2 Å². The van der Waals surface area contributed by atoms with Crippen LogP contribution in [-0.2, 0) is 4.74 Å². The number of nitrogens with zero attached hydrogens (tertiary/aromatic N) is 1. The Kier molecular flexibility index (Phi) is 5.02. The van der Waals surface area contributed by atoms with Crippen molar-refractivity contribution in [3.63, 3.8) is 0 Å². The number of H-pyrrole nitrogens is 1. The molecule has 0 bridgehead atoms. The average Bonchev–Trinajstić information content (AvgIpc) is 2.99. The van der Waals surface area contributed by atoms with Crippen molar-refractivity contribution in [3.8, 4) is 0 Å². The fourth-order valence-electron chi connectivity index (χ4n) is 3.83. The second-order valence-electron chi connectivity index (χ2n) is 7.03. The Balaban J connectivity index is 1.83. The molecule has 2 aromatic heterocycles. The molecule has 0 saturated heterocycles. The van der Waals surface area contributed by atoms with Crippen LogP contribution < -0.4 is 10.9 Å². The number of benzene rings is 1. The summed E-state index contributed by atoms with van der Waals surface area (Å²) >= 11 is 1.77. The first-order valence-electron chi connectivity index (χ1n) is 9.27. The van der Waals surface area contributed by atoms with Gasteiger partial charge in [-0.2, -0.15) is 11.8 Å². The van der Waals surface area contributed by atoms with Crippen LogP contribution in [0.5, 0.6) is 0 Å². The normalized spacial score (nSPS) is 19.1. The lowest BCUT2D eigenvalue weighted by atomic mass is 9.91. The second kappa shape index (κ2) is 7.44. The van der Waals surface area contributed by atoms with Gasteiger partial charge >= 0.3 is 0 Å². The topological polar surface area (TPSA) is 58.5 Å². The van der Waals surface area contributed by atoms with E-state index in [4.69, 9.17) is 4.74 Å². The number of hydrogen-bond donors (Lipinski definition) is 2. The summed E-state index contributed by atoms with van der Waals surface area (Å²) in [6.07, 6.45) is 2.78. The van der Waals surface area contributed by atoms with Gasteiger partial charge in [0.25, 0.3) is 5.56 Å². The molecule has 0 aliphatic carbocycles. The molecular weight excluding hydrogens is 358 g/mol. The zero-order chi connectivity index (χ0) is 19.0. The van der Waals surface area contributed by atoms with E-state index < -0.39 is 0 Å². The second-order valence-corrected chi connectivity index (χ2v) is 8.01. The lowest BCUT2D eigenvalue weighted by Gasteiger charge is -2.33. The number of thioether (sulfide) groups is 1. The van der Waals surface area contributed by atoms with Crippen LogP contribution in [0.15, 0.2) is 41.2 Å². The standard InChI is InChI=1S/C21H25N3O2S/c1-13-14(2)24-19(25)11-16-18(26-9-10-27-3)12-17(15-7-5-4-6-8-15)23-20(16)21(24)22-13/h4-8,11,17-18,22-23H,9-10,12H2,1-3H3/t17-,18+/m1/s1. The van der Waals surface area contributed by atoms with E-state index in [2.05, 4.69) is 40.8 Å². The van der Waals surface area contributed by atoms with Crippen LogP contribution in [0.4, 0.5) is 5.69 Å². The van der Waals surface area contributed by atoms with Crippen LogP contribution in [0.1, 0.15) is 41.1 Å². The molecule has 3 heterocycles. The molecule has 1 aromatic carbocycles. The monoisotopic (exact) mass is 383 g/mol. The quantitative estimate of drug-likeness (QED) is 0.648. The molecule has 0 saturated carbocycles. The molecule has 0 fully saturated rings. The Morgan fingerprint density at radius 2 is 2.04 bits per heavy atom. The smallest absolute Gasteiger partial charge is 0.256 e. The van der Waals surface area contributed by atoms with Crippen molar-refractivity contribution < 1.29 is 4.74 Å². The third-order valence-electron chi connectivity index (χ3n) is 5.36. The van der Waals surface area contributed by atoms with Crippen molar-refractivity contribution in [1.29, 1.82) is 0 Å². The number of aryl methyl sites for hydroxylation is 2. The first kappa shape index (κ1) is 18.2. The van der Waals surface area contributed by atoms with Gasteiger partial charge in [0.15, 0.2) is 0 Å². The number of imidazole rings is 1. The van der Waals surface area contributed by atoms with Crippen LogP contribution >= 0.6 is 11.8 Å². The molecule has 27 heavy (non-hydrogen) atoms. The molecule has 4 rings (SSSR count). The molecule has 1 aliphatic heterocycles. The molecule has 0 amide bonds. The molecule has 3 aromatic rings. The Hall–Kier alpha value is -2.18. The zero-order valence-electron chi connectivity index (χ0n) is 15.9. The minimum Gasteiger partial charge on any atom is -0.375 e. The van der Waals surface area contributed by atoms with Gasteiger partial charge in [0.1, 0.15) is 5.65 Å². The summed E-state index contributed by atoms with van der Waals surface area (Å²) in [5, 5.41) is 3.67. The molecule has 2 N–H and O–H groups in total. The highest BCUT2D eigenvalue weighted by molar-refractivity contribution is 7.98. The highest BCUT2D eigenvalue weighted by Gasteiger charge is 2.31. The van der Waals surface area contributed by atoms with E-state index in [9.17, 15) is 4.79 Å². The number of rotatable bonds is 5. The minimum absolute atomic E-state index is 0.0102. The number of hydrogen-bond acceptors (Lipinski definition) is 4. The zero-order valence-corrected chi connectivity index (χ0v) is 16.7. The molecule has 0 unspecified atom stereocenters. The largest absolute Gasteiger partial charge is 0.375 e. The van der Waals surface area contributed by atoms with Gasteiger partial charge in [0, 0.05) is 35.2 Å². The number of aromatic amines is 1. The maximum Gasteiger partial charge on any atom is 0.256 e. The van der Waals surface area contributed by atoms with E-state index >= 15 is 0 Å². The van der Waals surface area contributed by atoms with Gasteiger partial charge in [-0.15, -0.1) is 0 Å². The van der Waals surface area contributed by atoms with E-state index in [-0.39, 0.29) is 17.7 Å². The molecule has 1 aliphatic rings. The van der Waals surface area contributed by atoms with Crippen LogP contribution in [0.3, 0.4) is 0 Å². The molecular formula is C21H25N3O2S. The maximum atomic E-state index is 12.8. The summed E-state index contributed by atoms with van der Waals surface area (Å²) in [6.45, 7) is 4.64. The molecule has 2 atom stereocenters. The number of nitrogens with one attached hydrogen (secondary N) is 2. The summed E-state index contributed by atoms with van der Waals surface area (Å²) in [5.74, 6) is 0.942. The Morgan fingerprint density at radius 1 is 1.26 bits per heavy atom. The van der Waals surface area contributed by atoms with Gasteiger partial charge in [-0.25, -0.2) is 0 Å². The van der Waals surface area contributed by atoms with Crippen LogP contribution in [0.25, 0.3) is 5.65 Å². The van der Waals surface area contributed by atoms with Crippen molar-refractivity contribution >= 4 is 23.1 Å². The highest BCUT2D eigenvalue weighted by Crippen LogP contribution is 2.42. The van der Waals surface area contributed by atoms with Crippen molar-refractivity contribution in [1.82, 2.24) is 9.38 Å². The summed E-state index contributed by atoms with van der Waals surface area (Å²) in [5.41, 5.74) is 5.92. The average molecular weight is 384 g/mol. The number of anilines is 1. The van der Waals surface area contributed by atoms with Gasteiger partial charge in [-0.3, -0.25) is 9.20 Å². The lowest BCUT2D eigenvalue weighted by Crippen LogP contribution is -2.27. The van der Waals surface area contributed by atoms with Crippen LogP contribution in [0.2, 0.25) is 0 Å². The van der Waals surface area contributed by atoms with E-state index in [1.807, 2.05) is 19.9 Å². The Morgan fingerprint density at radius 3 is 2.78 bits per heavy atom. The van der Waals surface area contributed by atoms with Gasteiger partial charge < -0.3 is 15.0 Å². The summed E-state index contributed by atoms with van der Waals surface area (Å²) < 4.78 is 7.98. The third kappa shape index (κ3) is 3.28. The van der Waals surface area contributed by atoms with Crippen molar-refractivity contribution in [3.05, 3.63) is 69.3 Å². The van der Waals surface area contributed by atoms with Gasteiger partial charge in [-0.05, 0) is 25.7 Å². The van der Waals surface area contributed by atoms with Gasteiger partial charge in [0.2, 0.25) is 0 Å².